The molecule has 0 amide bonds. The Hall–Kier alpha value is 1.95. The first-order valence-corrected chi connectivity index (χ1v) is 2.68. The van der Waals surface area contributed by atoms with E-state index in [1.54, 1.807) is 0 Å². The van der Waals surface area contributed by atoms with Crippen LogP contribution in [0.2, 0.25) is 0 Å². The second-order valence-electron chi connectivity index (χ2n) is 0.447. The molecule has 3 heteroatoms. The molecule has 1 nitrogen and oxygen atoms in total. The van der Waals surface area contributed by atoms with E-state index in [1.165, 1.54) is 11.8 Å². The van der Waals surface area contributed by atoms with E-state index in [4.69, 9.17) is 0 Å². The van der Waals surface area contributed by atoms with Crippen molar-refractivity contribution in [3.05, 3.63) is 0 Å². The van der Waals surface area contributed by atoms with Crippen molar-refractivity contribution in [1.82, 2.24) is 0 Å². The molecule has 29 valence electrons. The molecule has 0 aliphatic heterocycles. The van der Waals surface area contributed by atoms with Crippen LogP contribution < -0.4 is 0 Å². The second-order valence-corrected chi connectivity index (χ2v) is 1.34. The smallest absolute Gasteiger partial charge is 0.0949 e. The van der Waals surface area contributed by atoms with Crippen molar-refractivity contribution in [2.45, 2.75) is 0 Å². The van der Waals surface area contributed by atoms with Gasteiger partial charge in [-0.2, -0.15) is 0 Å². The predicted molar refractivity (Wildman–Crippen MR) is 28.3 cm³/mol. The third kappa shape index (κ3) is 24.4. The maximum Gasteiger partial charge on any atom is 0.0949 e. The van der Waals surface area contributed by atoms with E-state index in [1.807, 2.05) is 0 Å². The largest absolute Gasteiger partial charge is 0.870 e. The average molecular weight is 119 g/mol. The fourth-order valence-electron chi connectivity index (χ4n) is 0. The van der Waals surface area contributed by atoms with Gasteiger partial charge in [0.2, 0.25) is 0 Å². The third-order valence-electron chi connectivity index (χ3n) is 0. The fraction of sp³-hybridized carbons (Fsp3) is 1.00. The van der Waals surface area contributed by atoms with Crippen LogP contribution in [0.25, 0.3) is 0 Å². The van der Waals surface area contributed by atoms with Crippen molar-refractivity contribution < 1.29 is 5.48 Å². The van der Waals surface area contributed by atoms with Crippen molar-refractivity contribution in [1.29, 1.82) is 0 Å². The first-order valence-electron chi connectivity index (χ1n) is 0.894. The Morgan fingerprint density at radius 3 is 1.20 bits per heavy atom. The molecule has 0 rings (SSSR count). The summed E-state index contributed by atoms with van der Waals surface area (Å²) < 4.78 is 0. The minimum atomic E-state index is 0. The number of rotatable bonds is 0. The molecule has 1 N–H and O–H groups in total. The average Bonchev–Trinajstić information content (AvgIpc) is 0.918. The van der Waals surface area contributed by atoms with Gasteiger partial charge in [-0.05, 0) is 11.8 Å². The number of hydrogen-bond acceptors (Lipinski definition) is 1. The van der Waals surface area contributed by atoms with Crippen LogP contribution in [-0.2, 0) is 11.8 Å². The van der Waals surface area contributed by atoms with E-state index in [0.717, 1.165) is 0 Å². The number of hydrogen-bond donors (Lipinski definition) is 0. The zero-order chi connectivity index (χ0) is 2.71. The molecular formula is C2H8KOS. The Labute approximate surface area is 79.6 Å². The SMILES string of the molecule is C[SH+]C.[K].[OH-]. The Kier molecular flexibility index (Phi) is 52.9. The molecule has 0 unspecified atom stereocenters. The Morgan fingerprint density at radius 1 is 1.20 bits per heavy atom. The summed E-state index contributed by atoms with van der Waals surface area (Å²) in [6, 6.07) is 0. The summed E-state index contributed by atoms with van der Waals surface area (Å²) in [7, 11) is 0. The summed E-state index contributed by atoms with van der Waals surface area (Å²) >= 11 is 1.42. The summed E-state index contributed by atoms with van der Waals surface area (Å²) in [5, 5.41) is 0. The van der Waals surface area contributed by atoms with Crippen LogP contribution in [0.5, 0.6) is 0 Å². The molecule has 0 saturated carbocycles. The molecule has 0 aromatic rings. The Balaban J connectivity index is -0.0000000200. The maximum absolute atomic E-state index is 2.10. The third-order valence-corrected chi connectivity index (χ3v) is 0. The Bertz CT molecular complexity index is 9.61. The van der Waals surface area contributed by atoms with Crippen LogP contribution in [0.15, 0.2) is 0 Å². The molecule has 1 radical (unpaired) electrons. The van der Waals surface area contributed by atoms with Gasteiger partial charge in [-0.25, -0.2) is 0 Å². The van der Waals surface area contributed by atoms with E-state index in [0.29, 0.717) is 0 Å². The van der Waals surface area contributed by atoms with Gasteiger partial charge in [0.25, 0.3) is 0 Å². The van der Waals surface area contributed by atoms with Crippen LogP contribution in [0, 0.1) is 0 Å². The van der Waals surface area contributed by atoms with Crippen molar-refractivity contribution in [2.24, 2.45) is 0 Å². The molecule has 0 aromatic carbocycles. The molecule has 0 aliphatic rings. The van der Waals surface area contributed by atoms with Crippen molar-refractivity contribution in [2.75, 3.05) is 12.5 Å². The molecule has 0 saturated heterocycles. The maximum atomic E-state index is 2.10. The first-order chi connectivity index (χ1) is 1.41. The molecule has 0 heterocycles. The summed E-state index contributed by atoms with van der Waals surface area (Å²) in [4.78, 5) is 0. The zero-order valence-corrected chi connectivity index (χ0v) is 7.91. The number of thiol groups is 1. The van der Waals surface area contributed by atoms with E-state index in [-0.39, 0.29) is 56.9 Å². The van der Waals surface area contributed by atoms with Crippen LogP contribution in [0.3, 0.4) is 0 Å². The summed E-state index contributed by atoms with van der Waals surface area (Å²) in [5.41, 5.74) is 0. The van der Waals surface area contributed by atoms with Crippen LogP contribution in [0.4, 0.5) is 0 Å². The summed E-state index contributed by atoms with van der Waals surface area (Å²) in [6.07, 6.45) is 4.19. The van der Waals surface area contributed by atoms with Gasteiger partial charge < -0.3 is 5.48 Å². The quantitative estimate of drug-likeness (QED) is 0.240. The monoisotopic (exact) mass is 119 g/mol. The van der Waals surface area contributed by atoms with Gasteiger partial charge in [0.1, 0.15) is 0 Å². The van der Waals surface area contributed by atoms with E-state index >= 15 is 0 Å². The zero-order valence-electron chi connectivity index (χ0n) is 3.89. The van der Waals surface area contributed by atoms with Gasteiger partial charge in [0.05, 0.1) is 12.5 Å². The van der Waals surface area contributed by atoms with Crippen molar-refractivity contribution in [3.63, 3.8) is 0 Å². The van der Waals surface area contributed by atoms with Crippen molar-refractivity contribution in [3.8, 4) is 0 Å². The van der Waals surface area contributed by atoms with Gasteiger partial charge in [-0.1, -0.05) is 0 Å². The first kappa shape index (κ1) is 15.8. The minimum absolute atomic E-state index is 0. The second kappa shape index (κ2) is 16.8. The van der Waals surface area contributed by atoms with E-state index < -0.39 is 0 Å². The van der Waals surface area contributed by atoms with Gasteiger partial charge in [-0.3, -0.25) is 0 Å². The standard InChI is InChI=1S/C2H6S.K.H2O/c1-3-2;;/h1-2H3;;1H2. The normalized spacial score (nSPS) is 3.60. The molecular weight excluding hydrogens is 111 g/mol. The molecule has 5 heavy (non-hydrogen) atoms. The van der Waals surface area contributed by atoms with E-state index in [9.17, 15) is 0 Å². The summed E-state index contributed by atoms with van der Waals surface area (Å²) in [5.74, 6) is 0. The Morgan fingerprint density at radius 2 is 1.20 bits per heavy atom. The summed E-state index contributed by atoms with van der Waals surface area (Å²) in [6.45, 7) is 0. The van der Waals surface area contributed by atoms with Crippen molar-refractivity contribution >= 4 is 63.1 Å². The predicted octanol–water partition coefficient (Wildman–Crippen LogP) is -0.497. The van der Waals surface area contributed by atoms with E-state index in [2.05, 4.69) is 12.5 Å². The molecule has 0 spiro atoms. The molecule has 0 bridgehead atoms. The fourth-order valence-corrected chi connectivity index (χ4v) is 0. The minimum Gasteiger partial charge on any atom is -0.870 e. The topological polar surface area (TPSA) is 30.0 Å². The molecule has 0 fully saturated rings. The van der Waals surface area contributed by atoms with Gasteiger partial charge >= 0.3 is 0 Å². The van der Waals surface area contributed by atoms with Crippen LogP contribution in [0.1, 0.15) is 0 Å². The van der Waals surface area contributed by atoms with Crippen LogP contribution >= 0.6 is 0 Å². The molecule has 0 aromatic heterocycles. The van der Waals surface area contributed by atoms with Gasteiger partial charge in [0.15, 0.2) is 0 Å². The van der Waals surface area contributed by atoms with Crippen LogP contribution in [-0.4, -0.2) is 69.4 Å². The molecule has 0 atom stereocenters. The van der Waals surface area contributed by atoms with Gasteiger partial charge in [0, 0.05) is 51.4 Å². The molecule has 0 aliphatic carbocycles. The van der Waals surface area contributed by atoms with Gasteiger partial charge in [-0.15, -0.1) is 0 Å².